The maximum absolute atomic E-state index is 11.1. The molecule has 0 radical (unpaired) electrons. The van der Waals surface area contributed by atoms with Gasteiger partial charge in [0, 0.05) is 11.1 Å². The Morgan fingerprint density at radius 3 is 2.87 bits per heavy atom. The average Bonchev–Trinajstić information content (AvgIpc) is 2.57. The lowest BCUT2D eigenvalue weighted by Crippen LogP contribution is -1.99. The lowest BCUT2D eigenvalue weighted by atomic mass is 10.1. The number of aromatic carboxylic acids is 1. The Morgan fingerprint density at radius 1 is 1.53 bits per heavy atom. The number of para-hydroxylation sites is 1. The minimum absolute atomic E-state index is 0.329. The van der Waals surface area contributed by atoms with E-state index < -0.39 is 5.97 Å². The largest absolute Gasteiger partial charge is 0.478 e. The highest BCUT2D eigenvalue weighted by Crippen LogP contribution is 2.28. The molecule has 0 saturated heterocycles. The maximum atomic E-state index is 11.1. The first kappa shape index (κ1) is 10.1. The number of H-pyrrole nitrogens is 1. The normalized spacial score (nSPS) is 10.8. The molecule has 0 fully saturated rings. The van der Waals surface area contributed by atoms with Crippen molar-refractivity contribution in [2.75, 3.05) is 0 Å². The number of halogens is 1. The van der Waals surface area contributed by atoms with Gasteiger partial charge in [0.05, 0.1) is 16.1 Å². The first-order chi connectivity index (χ1) is 7.15. The topological polar surface area (TPSA) is 53.1 Å². The number of nitrogens with one attached hydrogen (secondary N) is 1. The summed E-state index contributed by atoms with van der Waals surface area (Å²) in [5, 5.41) is 10.3. The third-order valence-electron chi connectivity index (χ3n) is 2.43. The lowest BCUT2D eigenvalue weighted by molar-refractivity contribution is 0.0698. The summed E-state index contributed by atoms with van der Waals surface area (Å²) in [6, 6.07) is 5.26. The molecule has 0 spiro atoms. The smallest absolute Gasteiger partial charge is 0.338 e. The first-order valence-corrected chi connectivity index (χ1v) is 5.05. The molecule has 0 unspecified atom stereocenters. The third-order valence-corrected chi connectivity index (χ3v) is 2.74. The highest BCUT2D eigenvalue weighted by molar-refractivity contribution is 6.35. The lowest BCUT2D eigenvalue weighted by Gasteiger charge is -1.95. The van der Waals surface area contributed by atoms with Gasteiger partial charge in [-0.05, 0) is 12.5 Å². The molecular weight excluding hydrogens is 214 g/mol. The van der Waals surface area contributed by atoms with Gasteiger partial charge in [-0.2, -0.15) is 0 Å². The van der Waals surface area contributed by atoms with Crippen molar-refractivity contribution >= 4 is 28.5 Å². The molecule has 2 aromatic rings. The average molecular weight is 224 g/mol. The van der Waals surface area contributed by atoms with Gasteiger partial charge in [0.25, 0.3) is 0 Å². The molecule has 3 nitrogen and oxygen atoms in total. The first-order valence-electron chi connectivity index (χ1n) is 4.67. The predicted molar refractivity (Wildman–Crippen MR) is 59.6 cm³/mol. The zero-order valence-electron chi connectivity index (χ0n) is 8.17. The second-order valence-electron chi connectivity index (χ2n) is 3.30. The van der Waals surface area contributed by atoms with Crippen LogP contribution in [0.25, 0.3) is 10.9 Å². The Hall–Kier alpha value is -1.48. The number of rotatable bonds is 2. The number of fused-ring (bicyclic) bond motifs is 1. The van der Waals surface area contributed by atoms with Crippen molar-refractivity contribution in [1.29, 1.82) is 0 Å². The quantitative estimate of drug-likeness (QED) is 0.822. The minimum atomic E-state index is -0.916. The molecule has 78 valence electrons. The van der Waals surface area contributed by atoms with Crippen molar-refractivity contribution in [3.63, 3.8) is 0 Å². The van der Waals surface area contributed by atoms with Gasteiger partial charge >= 0.3 is 5.97 Å². The Bertz CT molecular complexity index is 531. The van der Waals surface area contributed by atoms with E-state index in [9.17, 15) is 4.79 Å². The van der Waals surface area contributed by atoms with Crippen molar-refractivity contribution in [2.45, 2.75) is 13.3 Å². The molecule has 1 heterocycles. The molecule has 1 aromatic heterocycles. The van der Waals surface area contributed by atoms with Crippen LogP contribution in [0, 0.1) is 0 Å². The van der Waals surface area contributed by atoms with Gasteiger partial charge in [-0.15, -0.1) is 0 Å². The number of aromatic nitrogens is 1. The van der Waals surface area contributed by atoms with Gasteiger partial charge in [0.2, 0.25) is 0 Å². The van der Waals surface area contributed by atoms with E-state index in [2.05, 4.69) is 4.98 Å². The van der Waals surface area contributed by atoms with Gasteiger partial charge in [-0.3, -0.25) is 0 Å². The Kier molecular flexibility index (Phi) is 2.40. The van der Waals surface area contributed by atoms with E-state index in [0.29, 0.717) is 33.6 Å². The Morgan fingerprint density at radius 2 is 2.27 bits per heavy atom. The summed E-state index contributed by atoms with van der Waals surface area (Å²) in [6.07, 6.45) is 0.645. The Labute approximate surface area is 91.7 Å². The second-order valence-corrected chi connectivity index (χ2v) is 3.71. The highest BCUT2D eigenvalue weighted by atomic mass is 35.5. The highest BCUT2D eigenvalue weighted by Gasteiger charge is 2.17. The molecule has 1 aromatic carbocycles. The number of hydrogen-bond acceptors (Lipinski definition) is 1. The Balaban J connectivity index is 2.86. The summed E-state index contributed by atoms with van der Waals surface area (Å²) in [5.74, 6) is -0.916. The second kappa shape index (κ2) is 3.59. The maximum Gasteiger partial charge on any atom is 0.338 e. The van der Waals surface area contributed by atoms with Crippen LogP contribution in [0.2, 0.25) is 5.02 Å². The third kappa shape index (κ3) is 1.49. The standard InChI is InChI=1S/C11H10ClNO2/c1-2-8-9(11(14)15)6-4-3-5-7(12)10(6)13-8/h3-5,13H,2H2,1H3,(H,14,15). The minimum Gasteiger partial charge on any atom is -0.478 e. The summed E-state index contributed by atoms with van der Waals surface area (Å²) in [4.78, 5) is 14.2. The molecule has 0 amide bonds. The van der Waals surface area contributed by atoms with E-state index in [1.807, 2.05) is 6.92 Å². The fourth-order valence-electron chi connectivity index (χ4n) is 1.74. The monoisotopic (exact) mass is 223 g/mol. The molecule has 0 saturated carbocycles. The molecule has 0 aliphatic carbocycles. The van der Waals surface area contributed by atoms with E-state index in [1.165, 1.54) is 0 Å². The fraction of sp³-hybridized carbons (Fsp3) is 0.182. The number of carboxylic acid groups (broad SMARTS) is 1. The molecule has 4 heteroatoms. The van der Waals surface area contributed by atoms with Crippen LogP contribution in [0.3, 0.4) is 0 Å². The molecule has 2 N–H and O–H groups in total. The predicted octanol–water partition coefficient (Wildman–Crippen LogP) is 3.08. The zero-order valence-corrected chi connectivity index (χ0v) is 8.93. The number of carboxylic acids is 1. The van der Waals surface area contributed by atoms with E-state index >= 15 is 0 Å². The van der Waals surface area contributed by atoms with Crippen LogP contribution in [-0.2, 0) is 6.42 Å². The molecule has 2 rings (SSSR count). The van der Waals surface area contributed by atoms with E-state index in [1.54, 1.807) is 18.2 Å². The van der Waals surface area contributed by atoms with Crippen molar-refractivity contribution in [1.82, 2.24) is 4.98 Å². The van der Waals surface area contributed by atoms with E-state index in [-0.39, 0.29) is 0 Å². The van der Waals surface area contributed by atoms with Crippen LogP contribution in [0.15, 0.2) is 18.2 Å². The summed E-state index contributed by atoms with van der Waals surface area (Å²) in [7, 11) is 0. The summed E-state index contributed by atoms with van der Waals surface area (Å²) >= 11 is 5.98. The van der Waals surface area contributed by atoms with Crippen LogP contribution >= 0.6 is 11.6 Å². The summed E-state index contributed by atoms with van der Waals surface area (Å²) < 4.78 is 0. The molecule has 15 heavy (non-hydrogen) atoms. The number of aromatic amines is 1. The number of carbonyl (C=O) groups is 1. The van der Waals surface area contributed by atoms with Gasteiger partial charge in [-0.25, -0.2) is 4.79 Å². The van der Waals surface area contributed by atoms with Crippen LogP contribution in [0.5, 0.6) is 0 Å². The van der Waals surface area contributed by atoms with E-state index in [4.69, 9.17) is 16.7 Å². The van der Waals surface area contributed by atoms with Crippen molar-refractivity contribution < 1.29 is 9.90 Å². The number of hydrogen-bond donors (Lipinski definition) is 2. The molecule has 0 atom stereocenters. The SMILES string of the molecule is CCc1[nH]c2c(Cl)cccc2c1C(=O)O. The van der Waals surface area contributed by atoms with Gasteiger partial charge in [0.1, 0.15) is 0 Å². The van der Waals surface area contributed by atoms with E-state index in [0.717, 1.165) is 0 Å². The zero-order chi connectivity index (χ0) is 11.0. The number of aryl methyl sites for hydroxylation is 1. The van der Waals surface area contributed by atoms with Gasteiger partial charge in [-0.1, -0.05) is 30.7 Å². The fourth-order valence-corrected chi connectivity index (χ4v) is 1.97. The van der Waals surface area contributed by atoms with Crippen molar-refractivity contribution in [3.8, 4) is 0 Å². The molecule has 0 bridgehead atoms. The molecule has 0 aliphatic rings. The van der Waals surface area contributed by atoms with Crippen LogP contribution in [0.1, 0.15) is 23.0 Å². The van der Waals surface area contributed by atoms with Crippen molar-refractivity contribution in [3.05, 3.63) is 34.5 Å². The van der Waals surface area contributed by atoms with Gasteiger partial charge in [0.15, 0.2) is 0 Å². The molecule has 0 aliphatic heterocycles. The van der Waals surface area contributed by atoms with Gasteiger partial charge < -0.3 is 10.1 Å². The number of benzene rings is 1. The summed E-state index contributed by atoms with van der Waals surface area (Å²) in [5.41, 5.74) is 1.74. The van der Waals surface area contributed by atoms with Crippen LogP contribution in [-0.4, -0.2) is 16.1 Å². The summed E-state index contributed by atoms with van der Waals surface area (Å²) in [6.45, 7) is 1.91. The van der Waals surface area contributed by atoms with Crippen molar-refractivity contribution in [2.24, 2.45) is 0 Å². The molecular formula is C11H10ClNO2. The van der Waals surface area contributed by atoms with Crippen LogP contribution < -0.4 is 0 Å². The van der Waals surface area contributed by atoms with Crippen LogP contribution in [0.4, 0.5) is 0 Å².